The molecule has 0 aromatic heterocycles. The van der Waals surface area contributed by atoms with Crippen molar-refractivity contribution in [2.45, 2.75) is 79.1 Å². The van der Waals surface area contributed by atoms with Crippen molar-refractivity contribution in [3.8, 4) is 0 Å². The molecule has 0 saturated heterocycles. The van der Waals surface area contributed by atoms with Gasteiger partial charge >= 0.3 is 0 Å². The lowest BCUT2D eigenvalue weighted by molar-refractivity contribution is 0.0455. The molecule has 3 rings (SSSR count). The van der Waals surface area contributed by atoms with Gasteiger partial charge in [-0.3, -0.25) is 0 Å². The van der Waals surface area contributed by atoms with Gasteiger partial charge in [0, 0.05) is 0 Å². The zero-order valence-corrected chi connectivity index (χ0v) is 13.6. The van der Waals surface area contributed by atoms with Crippen LogP contribution in [0.15, 0.2) is 0 Å². The van der Waals surface area contributed by atoms with E-state index in [2.05, 4.69) is 27.7 Å². The van der Waals surface area contributed by atoms with Crippen molar-refractivity contribution in [1.29, 1.82) is 0 Å². The van der Waals surface area contributed by atoms with E-state index in [-0.39, 0.29) is 0 Å². The van der Waals surface area contributed by atoms with E-state index >= 15 is 0 Å². The fraction of sp³-hybridized carbons (Fsp3) is 1.00. The summed E-state index contributed by atoms with van der Waals surface area (Å²) < 4.78 is 0. The highest BCUT2D eigenvalue weighted by Gasteiger charge is 2.75. The molecule has 3 aliphatic carbocycles. The molecular weight excluding hydrogens is 228 g/mol. The molecule has 110 valence electrons. The molecule has 0 aliphatic heterocycles. The predicted octanol–water partition coefficient (Wildman–Crippen LogP) is 5.91. The maximum atomic E-state index is 2.56. The largest absolute Gasteiger partial charge is 0.0654 e. The first-order valence-electron chi connectivity index (χ1n) is 9.16. The second-order valence-corrected chi connectivity index (χ2v) is 8.12. The van der Waals surface area contributed by atoms with Crippen LogP contribution >= 0.6 is 0 Å². The van der Waals surface area contributed by atoms with E-state index in [0.29, 0.717) is 0 Å². The third-order valence-corrected chi connectivity index (χ3v) is 7.57. The van der Waals surface area contributed by atoms with E-state index in [4.69, 9.17) is 0 Å². The van der Waals surface area contributed by atoms with Crippen molar-refractivity contribution in [2.24, 2.45) is 40.9 Å². The fourth-order valence-corrected chi connectivity index (χ4v) is 6.39. The average molecular weight is 262 g/mol. The summed E-state index contributed by atoms with van der Waals surface area (Å²) in [7, 11) is 0. The summed E-state index contributed by atoms with van der Waals surface area (Å²) in [6.45, 7) is 9.85. The maximum Gasteiger partial charge on any atom is -0.0207 e. The Hall–Kier alpha value is 0. The van der Waals surface area contributed by atoms with Gasteiger partial charge < -0.3 is 0 Å². The lowest BCUT2D eigenvalue weighted by atomic mass is 9.60. The Labute approximate surface area is 120 Å². The van der Waals surface area contributed by atoms with Crippen LogP contribution in [0.25, 0.3) is 0 Å². The van der Waals surface area contributed by atoms with Crippen LogP contribution in [0.3, 0.4) is 0 Å². The van der Waals surface area contributed by atoms with E-state index in [1.807, 2.05) is 0 Å². The summed E-state index contributed by atoms with van der Waals surface area (Å²) >= 11 is 0. The first kappa shape index (κ1) is 14.0. The molecule has 0 nitrogen and oxygen atoms in total. The van der Waals surface area contributed by atoms with Gasteiger partial charge in [0.1, 0.15) is 0 Å². The average Bonchev–Trinajstić information content (AvgIpc) is 2.89. The molecule has 0 aromatic carbocycles. The van der Waals surface area contributed by atoms with Crippen LogP contribution in [-0.4, -0.2) is 0 Å². The second-order valence-electron chi connectivity index (χ2n) is 8.12. The van der Waals surface area contributed by atoms with Gasteiger partial charge in [0.2, 0.25) is 0 Å². The van der Waals surface area contributed by atoms with Gasteiger partial charge in [0.05, 0.1) is 0 Å². The number of hydrogen-bond acceptors (Lipinski definition) is 0. The Morgan fingerprint density at radius 3 is 2.42 bits per heavy atom. The predicted molar refractivity (Wildman–Crippen MR) is 83.0 cm³/mol. The summed E-state index contributed by atoms with van der Waals surface area (Å²) in [6, 6.07) is 0. The molecule has 3 fully saturated rings. The highest BCUT2D eigenvalue weighted by atomic mass is 14.8. The molecule has 0 amide bonds. The van der Waals surface area contributed by atoms with Crippen molar-refractivity contribution in [3.05, 3.63) is 0 Å². The molecule has 3 aliphatic rings. The molecule has 0 heteroatoms. The van der Waals surface area contributed by atoms with E-state index < -0.39 is 0 Å². The molecule has 1 spiro atoms. The van der Waals surface area contributed by atoms with Crippen LogP contribution in [0, 0.1) is 40.9 Å². The quantitative estimate of drug-likeness (QED) is 0.535. The van der Waals surface area contributed by atoms with Gasteiger partial charge in [-0.2, -0.15) is 0 Å². The summed E-state index contributed by atoms with van der Waals surface area (Å²) in [4.78, 5) is 0. The summed E-state index contributed by atoms with van der Waals surface area (Å²) in [6.07, 6.45) is 12.0. The van der Waals surface area contributed by atoms with E-state index in [0.717, 1.165) is 40.9 Å². The van der Waals surface area contributed by atoms with Gasteiger partial charge in [-0.05, 0) is 60.2 Å². The van der Waals surface area contributed by atoms with Crippen molar-refractivity contribution < 1.29 is 0 Å². The van der Waals surface area contributed by atoms with E-state index in [9.17, 15) is 0 Å². The SMILES string of the molecule is CCCCC(C)C(CCC)C1CC2C(C)C23CCC13. The van der Waals surface area contributed by atoms with Crippen LogP contribution < -0.4 is 0 Å². The Kier molecular flexibility index (Phi) is 3.73. The number of hydrogen-bond donors (Lipinski definition) is 0. The second kappa shape index (κ2) is 5.08. The highest BCUT2D eigenvalue weighted by Crippen LogP contribution is 2.81. The Bertz CT molecular complexity index is 320. The van der Waals surface area contributed by atoms with Crippen molar-refractivity contribution in [2.75, 3.05) is 0 Å². The monoisotopic (exact) mass is 262 g/mol. The number of rotatable bonds is 7. The number of unbranched alkanes of at least 4 members (excludes halogenated alkanes) is 1. The van der Waals surface area contributed by atoms with Crippen LogP contribution in [0.5, 0.6) is 0 Å². The third kappa shape index (κ3) is 1.92. The lowest BCUT2D eigenvalue weighted by Gasteiger charge is -2.44. The zero-order valence-electron chi connectivity index (χ0n) is 13.6. The van der Waals surface area contributed by atoms with E-state index in [1.165, 1.54) is 32.1 Å². The van der Waals surface area contributed by atoms with Crippen LogP contribution in [0.4, 0.5) is 0 Å². The molecule has 0 bridgehead atoms. The topological polar surface area (TPSA) is 0 Å². The summed E-state index contributed by atoms with van der Waals surface area (Å²) in [5, 5.41) is 0. The molecule has 19 heavy (non-hydrogen) atoms. The fourth-order valence-electron chi connectivity index (χ4n) is 6.39. The Morgan fingerprint density at radius 1 is 1.11 bits per heavy atom. The minimum atomic E-state index is 0.890. The zero-order chi connectivity index (χ0) is 13.6. The van der Waals surface area contributed by atoms with Crippen molar-refractivity contribution in [3.63, 3.8) is 0 Å². The van der Waals surface area contributed by atoms with Crippen LogP contribution in [-0.2, 0) is 0 Å². The van der Waals surface area contributed by atoms with Gasteiger partial charge in [0.25, 0.3) is 0 Å². The summed E-state index contributed by atoms with van der Waals surface area (Å²) in [5.74, 6) is 6.54. The molecule has 0 aromatic rings. The molecule has 0 N–H and O–H groups in total. The van der Waals surface area contributed by atoms with E-state index in [1.54, 1.807) is 19.3 Å². The minimum absolute atomic E-state index is 0.890. The highest BCUT2D eigenvalue weighted by molar-refractivity contribution is 5.23. The molecule has 0 radical (unpaired) electrons. The van der Waals surface area contributed by atoms with Crippen molar-refractivity contribution >= 4 is 0 Å². The smallest absolute Gasteiger partial charge is 0.0207 e. The summed E-state index contributed by atoms with van der Waals surface area (Å²) in [5.41, 5.74) is 0.890. The van der Waals surface area contributed by atoms with Gasteiger partial charge in [-0.1, -0.05) is 59.8 Å². The third-order valence-electron chi connectivity index (χ3n) is 7.57. The molecule has 7 unspecified atom stereocenters. The molecular formula is C19H34. The van der Waals surface area contributed by atoms with Crippen molar-refractivity contribution in [1.82, 2.24) is 0 Å². The van der Waals surface area contributed by atoms with Gasteiger partial charge in [-0.25, -0.2) is 0 Å². The Balaban J connectivity index is 1.65. The standard InChI is InChI=1S/C19H34/c1-5-7-9-13(3)15(8-6-2)16-12-18-14(4)19(18)11-10-17(16)19/h13-18H,5-12H2,1-4H3. The first-order chi connectivity index (χ1) is 9.16. The van der Waals surface area contributed by atoms with Crippen LogP contribution in [0.2, 0.25) is 0 Å². The molecule has 7 atom stereocenters. The maximum absolute atomic E-state index is 2.56. The molecule has 3 saturated carbocycles. The minimum Gasteiger partial charge on any atom is -0.0654 e. The van der Waals surface area contributed by atoms with Crippen LogP contribution in [0.1, 0.15) is 79.1 Å². The normalized spacial score (nSPS) is 46.1. The van der Waals surface area contributed by atoms with Gasteiger partial charge in [-0.15, -0.1) is 0 Å². The first-order valence-corrected chi connectivity index (χ1v) is 9.16. The Morgan fingerprint density at radius 2 is 1.89 bits per heavy atom. The molecule has 0 heterocycles. The van der Waals surface area contributed by atoms with Gasteiger partial charge in [0.15, 0.2) is 0 Å². The lowest BCUT2D eigenvalue weighted by Crippen LogP contribution is -2.37.